The first-order valence-electron chi connectivity index (χ1n) is 13.9. The first-order valence-corrected chi connectivity index (χ1v) is 15.5. The highest BCUT2D eigenvalue weighted by Crippen LogP contribution is 2.48. The second kappa shape index (κ2) is 10.3. The van der Waals surface area contributed by atoms with Crippen molar-refractivity contribution in [3.8, 4) is 11.1 Å². The summed E-state index contributed by atoms with van der Waals surface area (Å²) in [6.45, 7) is 8.69. The van der Waals surface area contributed by atoms with Crippen LogP contribution in [0.15, 0.2) is 75.7 Å². The number of anilines is 3. The molecular formula is C35H35Br2N. The van der Waals surface area contributed by atoms with Crippen LogP contribution in [0, 0.1) is 27.7 Å². The van der Waals surface area contributed by atoms with Crippen molar-refractivity contribution >= 4 is 48.9 Å². The molecule has 0 saturated heterocycles. The van der Waals surface area contributed by atoms with Crippen molar-refractivity contribution in [2.24, 2.45) is 0 Å². The summed E-state index contributed by atoms with van der Waals surface area (Å²) in [4.78, 5) is 2.39. The topological polar surface area (TPSA) is 3.24 Å². The molecule has 194 valence electrons. The van der Waals surface area contributed by atoms with E-state index in [-0.39, 0.29) is 0 Å². The third kappa shape index (κ3) is 4.67. The Kier molecular flexibility index (Phi) is 7.03. The lowest BCUT2D eigenvalue weighted by molar-refractivity contribution is 0.527. The Labute approximate surface area is 244 Å². The van der Waals surface area contributed by atoms with Gasteiger partial charge in [-0.1, -0.05) is 68.6 Å². The second-order valence-electron chi connectivity index (χ2n) is 11.4. The maximum absolute atomic E-state index is 3.76. The van der Waals surface area contributed by atoms with Crippen LogP contribution in [-0.4, -0.2) is 0 Å². The van der Waals surface area contributed by atoms with Gasteiger partial charge in [-0.2, -0.15) is 0 Å². The molecule has 7 rings (SSSR count). The van der Waals surface area contributed by atoms with E-state index in [1.54, 1.807) is 11.1 Å². The minimum atomic E-state index is 0.756. The molecule has 0 heterocycles. The number of aryl methyl sites for hydroxylation is 4. The highest BCUT2D eigenvalue weighted by Gasteiger charge is 2.30. The number of hydrogen-bond acceptors (Lipinski definition) is 1. The summed E-state index contributed by atoms with van der Waals surface area (Å²) in [5.41, 5.74) is 14.4. The SMILES string of the molecule is Cc1cc(N(c2ccc(-c3ccc4c(c3)C3CCCC4CC3)cc2)c2cc(C)c(Br)c(C)c2)cc(C)c1Br. The van der Waals surface area contributed by atoms with Crippen molar-refractivity contribution in [2.75, 3.05) is 4.90 Å². The van der Waals surface area contributed by atoms with Gasteiger partial charge in [0.25, 0.3) is 0 Å². The van der Waals surface area contributed by atoms with Crippen molar-refractivity contribution in [2.45, 2.75) is 71.6 Å². The molecule has 1 saturated carbocycles. The maximum Gasteiger partial charge on any atom is 0.0467 e. The molecule has 2 atom stereocenters. The van der Waals surface area contributed by atoms with Crippen molar-refractivity contribution in [3.63, 3.8) is 0 Å². The Morgan fingerprint density at radius 2 is 1.00 bits per heavy atom. The van der Waals surface area contributed by atoms with E-state index < -0.39 is 0 Å². The zero-order valence-corrected chi connectivity index (χ0v) is 25.9. The van der Waals surface area contributed by atoms with E-state index in [1.165, 1.54) is 91.5 Å². The van der Waals surface area contributed by atoms with Gasteiger partial charge in [0.15, 0.2) is 0 Å². The number of halogens is 2. The van der Waals surface area contributed by atoms with Crippen LogP contribution in [0.5, 0.6) is 0 Å². The van der Waals surface area contributed by atoms with Gasteiger partial charge in [0.05, 0.1) is 0 Å². The van der Waals surface area contributed by atoms with Gasteiger partial charge in [0.1, 0.15) is 0 Å². The lowest BCUT2D eigenvalue weighted by atomic mass is 9.77. The van der Waals surface area contributed by atoms with E-state index in [0.29, 0.717) is 0 Å². The van der Waals surface area contributed by atoms with Crippen molar-refractivity contribution in [3.05, 3.63) is 109 Å². The van der Waals surface area contributed by atoms with Gasteiger partial charge in [0.2, 0.25) is 0 Å². The molecule has 2 unspecified atom stereocenters. The fraction of sp³-hybridized carbons (Fsp3) is 0.314. The molecule has 0 aromatic heterocycles. The predicted molar refractivity (Wildman–Crippen MR) is 169 cm³/mol. The third-order valence-corrected chi connectivity index (χ3v) is 11.3. The molecule has 0 N–H and O–H groups in total. The van der Waals surface area contributed by atoms with Crippen molar-refractivity contribution in [1.29, 1.82) is 0 Å². The number of nitrogens with zero attached hydrogens (tertiary/aromatic N) is 1. The van der Waals surface area contributed by atoms with Gasteiger partial charge >= 0.3 is 0 Å². The largest absolute Gasteiger partial charge is 0.310 e. The van der Waals surface area contributed by atoms with Gasteiger partial charge in [-0.15, -0.1) is 0 Å². The Balaban J connectivity index is 1.42. The quantitative estimate of drug-likeness (QED) is 0.217. The average Bonchev–Trinajstić information content (AvgIpc) is 3.26. The molecular weight excluding hydrogens is 594 g/mol. The fourth-order valence-corrected chi connectivity index (χ4v) is 7.22. The van der Waals surface area contributed by atoms with Gasteiger partial charge in [-0.3, -0.25) is 0 Å². The molecule has 0 radical (unpaired) electrons. The maximum atomic E-state index is 3.76. The smallest absolute Gasteiger partial charge is 0.0467 e. The van der Waals surface area contributed by atoms with Crippen LogP contribution in [0.3, 0.4) is 0 Å². The summed E-state index contributed by atoms with van der Waals surface area (Å²) in [6, 6.07) is 25.6. The van der Waals surface area contributed by atoms with E-state index in [2.05, 4.69) is 131 Å². The third-order valence-electron chi connectivity index (χ3n) is 8.75. The molecule has 4 aromatic carbocycles. The Morgan fingerprint density at radius 3 is 1.53 bits per heavy atom. The average molecular weight is 629 g/mol. The van der Waals surface area contributed by atoms with Crippen molar-refractivity contribution in [1.82, 2.24) is 0 Å². The molecule has 3 aliphatic rings. The van der Waals surface area contributed by atoms with Crippen LogP contribution in [-0.2, 0) is 0 Å². The van der Waals surface area contributed by atoms with E-state index in [9.17, 15) is 0 Å². The summed E-state index contributed by atoms with van der Waals surface area (Å²) >= 11 is 7.52. The minimum absolute atomic E-state index is 0.756. The van der Waals surface area contributed by atoms with Crippen LogP contribution in [0.1, 0.15) is 77.3 Å². The lowest BCUT2D eigenvalue weighted by Gasteiger charge is -2.28. The number of hydrogen-bond donors (Lipinski definition) is 0. The van der Waals surface area contributed by atoms with Gasteiger partial charge < -0.3 is 4.90 Å². The fourth-order valence-electron chi connectivity index (χ4n) is 6.76. The Bertz CT molecular complexity index is 1410. The monoisotopic (exact) mass is 627 g/mol. The molecule has 2 bridgehead atoms. The predicted octanol–water partition coefficient (Wildman–Crippen LogP) is 11.7. The zero-order valence-electron chi connectivity index (χ0n) is 22.7. The molecule has 0 spiro atoms. The first-order chi connectivity index (χ1) is 18.3. The molecule has 0 amide bonds. The number of fused-ring (bicyclic) bond motifs is 3. The van der Waals surface area contributed by atoms with Crippen LogP contribution < -0.4 is 4.90 Å². The molecule has 3 aliphatic carbocycles. The molecule has 4 aromatic rings. The standard InChI is InChI=1S/C35H35Br2N/c1-21-16-30(17-22(2)34(21)36)38(31-18-23(3)35(37)24(4)19-31)29-13-10-25(11-14-29)28-12-15-32-26-6-5-7-27(9-8-26)33(32)20-28/h10-20,26-27H,5-9H2,1-4H3. The molecule has 1 fully saturated rings. The first kappa shape index (κ1) is 25.9. The van der Waals surface area contributed by atoms with Crippen molar-refractivity contribution < 1.29 is 0 Å². The second-order valence-corrected chi connectivity index (χ2v) is 13.0. The van der Waals surface area contributed by atoms with Crippen LogP contribution in [0.4, 0.5) is 17.1 Å². The number of benzene rings is 4. The van der Waals surface area contributed by atoms with E-state index in [0.717, 1.165) is 11.8 Å². The van der Waals surface area contributed by atoms with Gasteiger partial charge in [-0.05, 0) is 146 Å². The lowest BCUT2D eigenvalue weighted by Crippen LogP contribution is -2.11. The molecule has 1 nitrogen and oxygen atoms in total. The van der Waals surface area contributed by atoms with Gasteiger partial charge in [0, 0.05) is 26.0 Å². The summed E-state index contributed by atoms with van der Waals surface area (Å²) in [5, 5.41) is 0. The Hall–Kier alpha value is -2.36. The molecule has 38 heavy (non-hydrogen) atoms. The van der Waals surface area contributed by atoms with Gasteiger partial charge in [-0.25, -0.2) is 0 Å². The minimum Gasteiger partial charge on any atom is -0.310 e. The zero-order chi connectivity index (χ0) is 26.6. The highest BCUT2D eigenvalue weighted by atomic mass is 79.9. The van der Waals surface area contributed by atoms with Crippen LogP contribution in [0.25, 0.3) is 11.1 Å². The van der Waals surface area contributed by atoms with Crippen LogP contribution >= 0.6 is 31.9 Å². The summed E-state index contributed by atoms with van der Waals surface area (Å²) in [7, 11) is 0. The van der Waals surface area contributed by atoms with E-state index >= 15 is 0 Å². The van der Waals surface area contributed by atoms with Crippen LogP contribution in [0.2, 0.25) is 0 Å². The van der Waals surface area contributed by atoms with E-state index in [1.807, 2.05) is 0 Å². The Morgan fingerprint density at radius 1 is 0.526 bits per heavy atom. The molecule has 0 aliphatic heterocycles. The number of rotatable bonds is 4. The normalized spacial score (nSPS) is 18.3. The highest BCUT2D eigenvalue weighted by molar-refractivity contribution is 9.10. The summed E-state index contributed by atoms with van der Waals surface area (Å²) < 4.78 is 2.35. The van der Waals surface area contributed by atoms with E-state index in [4.69, 9.17) is 0 Å². The summed E-state index contributed by atoms with van der Waals surface area (Å²) in [5.74, 6) is 1.54. The molecule has 3 heteroatoms. The summed E-state index contributed by atoms with van der Waals surface area (Å²) in [6.07, 6.45) is 6.86.